The van der Waals surface area contributed by atoms with Crippen LogP contribution in [0, 0.1) is 0 Å². The number of hydrogen-bond acceptors (Lipinski definition) is 6. The number of fused-ring (bicyclic) bond motifs is 1. The van der Waals surface area contributed by atoms with E-state index in [0.29, 0.717) is 44.4 Å². The number of nitrogens with one attached hydrogen (secondary N) is 2. The van der Waals surface area contributed by atoms with Crippen molar-refractivity contribution >= 4 is 34.2 Å². The molecule has 3 aromatic rings. The van der Waals surface area contributed by atoms with Gasteiger partial charge in [-0.1, -0.05) is 11.6 Å². The number of pyridine rings is 1. The molecule has 0 radical (unpaired) electrons. The number of carbonyl (C=O) groups excluding carboxylic acids is 1. The summed E-state index contributed by atoms with van der Waals surface area (Å²) in [5.41, 5.74) is 7.18. The Morgan fingerprint density at radius 3 is 2.73 bits per heavy atom. The third-order valence-corrected chi connectivity index (χ3v) is 5.01. The normalized spacial score (nSPS) is 14.3. The first kappa shape index (κ1) is 20.2. The van der Waals surface area contributed by atoms with Crippen LogP contribution in [-0.2, 0) is 0 Å². The maximum Gasteiger partial charge on any atom is 0.319 e. The zero-order valence-corrected chi connectivity index (χ0v) is 16.9. The Bertz CT molecular complexity index is 1100. The van der Waals surface area contributed by atoms with Crippen LogP contribution in [0.1, 0.15) is 24.6 Å². The largest absolute Gasteiger partial charge is 0.496 e. The Labute approximate surface area is 177 Å². The predicted molar refractivity (Wildman–Crippen MR) is 114 cm³/mol. The van der Waals surface area contributed by atoms with Crippen molar-refractivity contribution in [2.45, 2.75) is 25.1 Å². The van der Waals surface area contributed by atoms with E-state index in [1.165, 1.54) is 7.11 Å². The van der Waals surface area contributed by atoms with Crippen molar-refractivity contribution in [2.24, 2.45) is 5.73 Å². The summed E-state index contributed by atoms with van der Waals surface area (Å²) in [4.78, 5) is 16.2. The minimum absolute atomic E-state index is 0.252. The van der Waals surface area contributed by atoms with Crippen molar-refractivity contribution < 1.29 is 19.4 Å². The number of hydrogen-bond donors (Lipinski definition) is 4. The molecule has 1 aliphatic carbocycles. The van der Waals surface area contributed by atoms with E-state index in [9.17, 15) is 9.90 Å². The summed E-state index contributed by atoms with van der Waals surface area (Å²) >= 11 is 6.32. The summed E-state index contributed by atoms with van der Waals surface area (Å²) in [6.07, 6.45) is 2.40. The summed E-state index contributed by atoms with van der Waals surface area (Å²) < 4.78 is 11.3. The van der Waals surface area contributed by atoms with Crippen LogP contribution in [0.5, 0.6) is 17.2 Å². The highest BCUT2D eigenvalue weighted by Gasteiger charge is 2.23. The van der Waals surface area contributed by atoms with E-state index in [1.807, 2.05) is 0 Å². The highest BCUT2D eigenvalue weighted by Crippen LogP contribution is 2.36. The van der Waals surface area contributed by atoms with Gasteiger partial charge in [0, 0.05) is 35.3 Å². The maximum absolute atomic E-state index is 11.9. The van der Waals surface area contributed by atoms with Gasteiger partial charge in [0.15, 0.2) is 0 Å². The number of benzene rings is 2. The lowest BCUT2D eigenvalue weighted by Gasteiger charge is -2.15. The van der Waals surface area contributed by atoms with E-state index in [-0.39, 0.29) is 12.1 Å². The number of nitrogens with two attached hydrogens (primary N) is 1. The summed E-state index contributed by atoms with van der Waals surface area (Å²) in [6.45, 7) is 0. The monoisotopic (exact) mass is 428 g/mol. The molecule has 1 aromatic heterocycles. The van der Waals surface area contributed by atoms with Gasteiger partial charge in [-0.05, 0) is 37.1 Å². The molecular formula is C21H21ClN4O4. The number of nitrogens with zero attached hydrogens (tertiary/aromatic N) is 1. The molecule has 8 nitrogen and oxygen atoms in total. The van der Waals surface area contributed by atoms with E-state index in [4.69, 9.17) is 26.8 Å². The molecular weight excluding hydrogens is 408 g/mol. The smallest absolute Gasteiger partial charge is 0.319 e. The molecule has 1 saturated carbocycles. The Kier molecular flexibility index (Phi) is 5.63. The Morgan fingerprint density at radius 1 is 1.27 bits per heavy atom. The fourth-order valence-corrected chi connectivity index (χ4v) is 3.24. The average molecular weight is 429 g/mol. The van der Waals surface area contributed by atoms with Crippen molar-refractivity contribution in [2.75, 3.05) is 12.4 Å². The first-order valence-electron chi connectivity index (χ1n) is 9.40. The molecule has 0 spiro atoms. The van der Waals surface area contributed by atoms with Gasteiger partial charge in [-0.2, -0.15) is 0 Å². The van der Waals surface area contributed by atoms with Gasteiger partial charge in [-0.15, -0.1) is 0 Å². The molecule has 1 aliphatic rings. The molecule has 0 aliphatic heterocycles. The SMILES string of the molecule is COc1cc2nccc(Oc3ccc(NC(=O)NC4CC4)c(Cl)c3)c2cc1C(N)O. The molecule has 156 valence electrons. The minimum Gasteiger partial charge on any atom is -0.496 e. The lowest BCUT2D eigenvalue weighted by atomic mass is 10.1. The van der Waals surface area contributed by atoms with Crippen LogP contribution < -0.4 is 25.8 Å². The predicted octanol–water partition coefficient (Wildman–Crippen LogP) is 3.92. The number of methoxy groups -OCH3 is 1. The van der Waals surface area contributed by atoms with Crippen molar-refractivity contribution in [3.05, 3.63) is 53.2 Å². The maximum atomic E-state index is 11.9. The van der Waals surface area contributed by atoms with Crippen molar-refractivity contribution in [3.63, 3.8) is 0 Å². The first-order valence-corrected chi connectivity index (χ1v) is 9.77. The summed E-state index contributed by atoms with van der Waals surface area (Å²) in [5, 5.41) is 16.4. The fourth-order valence-electron chi connectivity index (χ4n) is 3.02. The van der Waals surface area contributed by atoms with Gasteiger partial charge in [0.2, 0.25) is 0 Å². The summed E-state index contributed by atoms with van der Waals surface area (Å²) in [6, 6.07) is 10.0. The third kappa shape index (κ3) is 4.40. The number of amides is 2. The Balaban J connectivity index is 1.59. The van der Waals surface area contributed by atoms with Crippen LogP contribution in [0.4, 0.5) is 10.5 Å². The fraction of sp³-hybridized carbons (Fsp3) is 0.238. The molecule has 1 fully saturated rings. The first-order chi connectivity index (χ1) is 14.4. The number of anilines is 1. The molecule has 1 heterocycles. The number of carbonyl (C=O) groups is 1. The van der Waals surface area contributed by atoms with Crippen LogP contribution in [0.2, 0.25) is 5.02 Å². The highest BCUT2D eigenvalue weighted by molar-refractivity contribution is 6.33. The molecule has 0 bridgehead atoms. The van der Waals surface area contributed by atoms with Gasteiger partial charge in [-0.25, -0.2) is 4.79 Å². The number of halogens is 1. The van der Waals surface area contributed by atoms with Gasteiger partial charge in [0.05, 0.1) is 23.3 Å². The second kappa shape index (κ2) is 8.35. The van der Waals surface area contributed by atoms with E-state index < -0.39 is 6.23 Å². The Hall–Kier alpha value is -3.07. The van der Waals surface area contributed by atoms with E-state index >= 15 is 0 Å². The molecule has 4 rings (SSSR count). The van der Waals surface area contributed by atoms with Crippen LogP contribution in [0.3, 0.4) is 0 Å². The molecule has 1 atom stereocenters. The van der Waals surface area contributed by atoms with E-state index in [0.717, 1.165) is 12.8 Å². The number of aliphatic hydroxyl groups is 1. The standard InChI is InChI=1S/C21H21ClN4O4/c1-29-19-10-17-13(9-14(19)20(23)27)18(6-7-24-17)30-12-4-5-16(15(22)8-12)26-21(28)25-11-2-3-11/h4-11,20,27H,2-3,23H2,1H3,(H2,25,26,28). The lowest BCUT2D eigenvalue weighted by molar-refractivity contribution is 0.182. The van der Waals surface area contributed by atoms with Crippen molar-refractivity contribution in [3.8, 4) is 17.2 Å². The van der Waals surface area contributed by atoms with Gasteiger partial charge < -0.3 is 30.9 Å². The summed E-state index contributed by atoms with van der Waals surface area (Å²) in [5.74, 6) is 1.42. The minimum atomic E-state index is -1.21. The highest BCUT2D eigenvalue weighted by atomic mass is 35.5. The third-order valence-electron chi connectivity index (χ3n) is 4.70. The van der Waals surface area contributed by atoms with Gasteiger partial charge in [-0.3, -0.25) is 4.98 Å². The molecule has 2 aromatic carbocycles. The molecule has 2 amide bonds. The van der Waals surface area contributed by atoms with E-state index in [1.54, 1.807) is 42.6 Å². The van der Waals surface area contributed by atoms with Gasteiger partial charge in [0.1, 0.15) is 23.5 Å². The van der Waals surface area contributed by atoms with E-state index in [2.05, 4.69) is 15.6 Å². The number of rotatable bonds is 6. The van der Waals surface area contributed by atoms with Gasteiger partial charge in [0.25, 0.3) is 0 Å². The van der Waals surface area contributed by atoms with Crippen LogP contribution >= 0.6 is 11.6 Å². The molecule has 30 heavy (non-hydrogen) atoms. The molecule has 0 saturated heterocycles. The number of urea groups is 1. The quantitative estimate of drug-likeness (QED) is 0.442. The Morgan fingerprint density at radius 2 is 2.07 bits per heavy atom. The number of ether oxygens (including phenoxy) is 2. The average Bonchev–Trinajstić information content (AvgIpc) is 3.53. The topological polar surface area (TPSA) is 119 Å². The molecule has 9 heteroatoms. The number of aromatic nitrogens is 1. The van der Waals surface area contributed by atoms with Crippen molar-refractivity contribution in [1.82, 2.24) is 10.3 Å². The zero-order valence-electron chi connectivity index (χ0n) is 16.2. The van der Waals surface area contributed by atoms with Crippen LogP contribution in [0.25, 0.3) is 10.9 Å². The zero-order chi connectivity index (χ0) is 21.3. The summed E-state index contributed by atoms with van der Waals surface area (Å²) in [7, 11) is 1.50. The second-order valence-corrected chi connectivity index (χ2v) is 7.39. The lowest BCUT2D eigenvalue weighted by Crippen LogP contribution is -2.30. The number of aliphatic hydroxyl groups excluding tert-OH is 1. The molecule has 1 unspecified atom stereocenters. The molecule has 5 N–H and O–H groups in total. The second-order valence-electron chi connectivity index (χ2n) is 6.98. The van der Waals surface area contributed by atoms with Crippen LogP contribution in [-0.4, -0.2) is 29.3 Å². The van der Waals surface area contributed by atoms with Gasteiger partial charge >= 0.3 is 6.03 Å². The van der Waals surface area contributed by atoms with Crippen molar-refractivity contribution in [1.29, 1.82) is 0 Å². The van der Waals surface area contributed by atoms with Crippen LogP contribution in [0.15, 0.2) is 42.6 Å².